The minimum Gasteiger partial charge on any atom is -0.340 e. The maximum atomic E-state index is 4.13. The van der Waals surface area contributed by atoms with Crippen LogP contribution >= 0.6 is 0 Å². The monoisotopic (exact) mass is 137 g/mol. The first kappa shape index (κ1) is 6.99. The van der Waals surface area contributed by atoms with Crippen molar-refractivity contribution in [1.82, 2.24) is 9.55 Å². The van der Waals surface area contributed by atoms with Crippen LogP contribution in [0.15, 0.2) is 17.5 Å². The van der Waals surface area contributed by atoms with E-state index in [1.54, 1.807) is 6.33 Å². The fourth-order valence-corrected chi connectivity index (χ4v) is 0.790. The Morgan fingerprint density at radius 1 is 1.80 bits per heavy atom. The fraction of sp³-hybridized carbons (Fsp3) is 0.429. The Bertz CT molecular complexity index is 214. The zero-order valence-electron chi connectivity index (χ0n) is 6.12. The van der Waals surface area contributed by atoms with Gasteiger partial charge in [0.1, 0.15) is 0 Å². The molecule has 0 N–H and O–H groups in total. The Kier molecular flexibility index (Phi) is 2.20. The number of hydrogen-bond donors (Lipinski definition) is 0. The summed E-state index contributed by atoms with van der Waals surface area (Å²) in [7, 11) is 1.96. The van der Waals surface area contributed by atoms with Crippen LogP contribution in [0.4, 0.5) is 0 Å². The number of nitrogens with zero attached hydrogens (tertiary/aromatic N) is 3. The molecule has 0 aromatic carbocycles. The van der Waals surface area contributed by atoms with Gasteiger partial charge in [0.25, 0.3) is 0 Å². The number of rotatable bonds is 3. The molecule has 0 unspecified atom stereocenters. The fourth-order valence-electron chi connectivity index (χ4n) is 0.790. The molecule has 0 atom stereocenters. The number of hydrogen-bond acceptors (Lipinski definition) is 2. The van der Waals surface area contributed by atoms with Crippen LogP contribution in [0.1, 0.15) is 5.69 Å². The molecule has 1 aromatic rings. The second-order valence-electron chi connectivity index (χ2n) is 2.23. The van der Waals surface area contributed by atoms with Gasteiger partial charge < -0.3 is 9.56 Å². The molecular formula is C7H11N3. The minimum atomic E-state index is 0.761. The lowest BCUT2D eigenvalue weighted by molar-refractivity contribution is 0.908. The average Bonchev–Trinajstić information content (AvgIpc) is 2.31. The molecule has 54 valence electrons. The van der Waals surface area contributed by atoms with E-state index < -0.39 is 0 Å². The highest BCUT2D eigenvalue weighted by molar-refractivity contribution is 5.23. The van der Waals surface area contributed by atoms with Crippen LogP contribution in [-0.2, 0) is 13.5 Å². The van der Waals surface area contributed by atoms with Crippen molar-refractivity contribution in [2.24, 2.45) is 12.0 Å². The first-order valence-electron chi connectivity index (χ1n) is 3.22. The summed E-state index contributed by atoms with van der Waals surface area (Å²) in [5, 5.41) is 0. The van der Waals surface area contributed by atoms with Crippen molar-refractivity contribution < 1.29 is 0 Å². The number of aliphatic imine (C=N–C) groups is 1. The van der Waals surface area contributed by atoms with Gasteiger partial charge in [-0.05, 0) is 6.72 Å². The molecule has 0 fully saturated rings. The molecule has 0 aliphatic heterocycles. The molecule has 0 aliphatic carbocycles. The van der Waals surface area contributed by atoms with Crippen molar-refractivity contribution >= 4 is 6.72 Å². The van der Waals surface area contributed by atoms with Crippen molar-refractivity contribution in [2.45, 2.75) is 6.42 Å². The zero-order chi connectivity index (χ0) is 7.40. The van der Waals surface area contributed by atoms with E-state index in [9.17, 15) is 0 Å². The summed E-state index contributed by atoms with van der Waals surface area (Å²) in [6, 6.07) is 0. The molecule has 0 bridgehead atoms. The van der Waals surface area contributed by atoms with Crippen molar-refractivity contribution in [3.05, 3.63) is 18.2 Å². The first-order valence-corrected chi connectivity index (χ1v) is 3.22. The van der Waals surface area contributed by atoms with E-state index in [-0.39, 0.29) is 0 Å². The Morgan fingerprint density at radius 2 is 2.60 bits per heavy atom. The second-order valence-corrected chi connectivity index (χ2v) is 2.23. The summed E-state index contributed by atoms with van der Waals surface area (Å²) in [5.74, 6) is 0. The van der Waals surface area contributed by atoms with Gasteiger partial charge >= 0.3 is 0 Å². The third-order valence-electron chi connectivity index (χ3n) is 1.28. The number of imidazole rings is 1. The van der Waals surface area contributed by atoms with Crippen molar-refractivity contribution in [1.29, 1.82) is 0 Å². The molecule has 0 saturated carbocycles. The highest BCUT2D eigenvalue weighted by atomic mass is 15.0. The first-order chi connectivity index (χ1) is 4.83. The van der Waals surface area contributed by atoms with E-state index in [0.717, 1.165) is 18.7 Å². The van der Waals surface area contributed by atoms with E-state index in [1.165, 1.54) is 0 Å². The highest BCUT2D eigenvalue weighted by Crippen LogP contribution is 1.94. The SMILES string of the molecule is C=NCCc1cn(C)cn1. The van der Waals surface area contributed by atoms with E-state index >= 15 is 0 Å². The van der Waals surface area contributed by atoms with Crippen molar-refractivity contribution in [2.75, 3.05) is 6.54 Å². The van der Waals surface area contributed by atoms with Crippen LogP contribution in [0, 0.1) is 0 Å². The van der Waals surface area contributed by atoms with Gasteiger partial charge in [-0.15, -0.1) is 0 Å². The van der Waals surface area contributed by atoms with Gasteiger partial charge in [-0.1, -0.05) is 0 Å². The van der Waals surface area contributed by atoms with Gasteiger partial charge in [-0.25, -0.2) is 4.98 Å². The van der Waals surface area contributed by atoms with E-state index in [2.05, 4.69) is 16.7 Å². The summed E-state index contributed by atoms with van der Waals surface area (Å²) in [4.78, 5) is 7.87. The predicted octanol–water partition coefficient (Wildman–Crippen LogP) is 0.663. The van der Waals surface area contributed by atoms with Crippen LogP contribution in [0.25, 0.3) is 0 Å². The van der Waals surface area contributed by atoms with Gasteiger partial charge in [0.2, 0.25) is 0 Å². The normalized spacial score (nSPS) is 9.70. The lowest BCUT2D eigenvalue weighted by Gasteiger charge is -1.87. The standard InChI is InChI=1S/C7H11N3/c1-8-4-3-7-5-10(2)6-9-7/h5-6H,1,3-4H2,2H3. The van der Waals surface area contributed by atoms with Gasteiger partial charge in [0, 0.05) is 26.2 Å². The van der Waals surface area contributed by atoms with Crippen molar-refractivity contribution in [3.8, 4) is 0 Å². The molecule has 1 heterocycles. The molecule has 1 rings (SSSR count). The quantitative estimate of drug-likeness (QED) is 0.563. The van der Waals surface area contributed by atoms with E-state index in [0.29, 0.717) is 0 Å². The van der Waals surface area contributed by atoms with Gasteiger partial charge in [-0.3, -0.25) is 0 Å². The lowest BCUT2D eigenvalue weighted by atomic mass is 10.3. The minimum absolute atomic E-state index is 0.761. The smallest absolute Gasteiger partial charge is 0.0946 e. The third kappa shape index (κ3) is 1.69. The topological polar surface area (TPSA) is 30.2 Å². The zero-order valence-corrected chi connectivity index (χ0v) is 6.12. The molecule has 0 amide bonds. The molecule has 3 heteroatoms. The maximum absolute atomic E-state index is 4.13. The summed E-state index contributed by atoms with van der Waals surface area (Å²) >= 11 is 0. The van der Waals surface area contributed by atoms with Crippen molar-refractivity contribution in [3.63, 3.8) is 0 Å². The third-order valence-corrected chi connectivity index (χ3v) is 1.28. The lowest BCUT2D eigenvalue weighted by Crippen LogP contribution is -1.88. The second kappa shape index (κ2) is 3.15. The van der Waals surface area contributed by atoms with E-state index in [1.807, 2.05) is 17.8 Å². The van der Waals surface area contributed by atoms with Gasteiger partial charge in [-0.2, -0.15) is 0 Å². The van der Waals surface area contributed by atoms with Crippen LogP contribution in [0.3, 0.4) is 0 Å². The largest absolute Gasteiger partial charge is 0.340 e. The molecule has 10 heavy (non-hydrogen) atoms. The molecule has 0 aliphatic rings. The summed E-state index contributed by atoms with van der Waals surface area (Å²) in [6.45, 7) is 4.16. The molecule has 0 spiro atoms. The number of aryl methyl sites for hydroxylation is 1. The molecule has 0 radical (unpaired) electrons. The summed E-state index contributed by atoms with van der Waals surface area (Å²) in [5.41, 5.74) is 1.08. The Hall–Kier alpha value is -1.12. The van der Waals surface area contributed by atoms with Crippen LogP contribution in [-0.4, -0.2) is 22.8 Å². The molecule has 1 aromatic heterocycles. The van der Waals surface area contributed by atoms with E-state index in [4.69, 9.17) is 0 Å². The number of aromatic nitrogens is 2. The summed E-state index contributed by atoms with van der Waals surface area (Å²) in [6.07, 6.45) is 4.67. The van der Waals surface area contributed by atoms with Gasteiger partial charge in [0.15, 0.2) is 0 Å². The predicted molar refractivity (Wildman–Crippen MR) is 41.3 cm³/mol. The summed E-state index contributed by atoms with van der Waals surface area (Å²) < 4.78 is 1.93. The molecule has 3 nitrogen and oxygen atoms in total. The van der Waals surface area contributed by atoms with Crippen LogP contribution in [0.5, 0.6) is 0 Å². The Balaban J connectivity index is 2.49. The van der Waals surface area contributed by atoms with Crippen LogP contribution < -0.4 is 0 Å². The molecule has 0 saturated heterocycles. The maximum Gasteiger partial charge on any atom is 0.0946 e. The highest BCUT2D eigenvalue weighted by Gasteiger charge is 1.92. The van der Waals surface area contributed by atoms with Crippen LogP contribution in [0.2, 0.25) is 0 Å². The average molecular weight is 137 g/mol. The Morgan fingerprint density at radius 3 is 3.10 bits per heavy atom. The molecular weight excluding hydrogens is 126 g/mol. The van der Waals surface area contributed by atoms with Gasteiger partial charge in [0.05, 0.1) is 12.0 Å². The Labute approximate surface area is 60.4 Å².